The van der Waals surface area contributed by atoms with Crippen LogP contribution in [0, 0.1) is 5.41 Å². The standard InChI is InChI=1S/C20H31N3O3/c1-16(21-19(25)20(2,3)4)18(24)23-12-10-22(11-13-23)14-15-26-17-8-6-5-7-9-17/h5-9,16H,10-15H2,1-4H3,(H,21,25). The Bertz CT molecular complexity index is 590. The number of hydrogen-bond donors (Lipinski definition) is 1. The number of carbonyl (C=O) groups excluding carboxylic acids is 2. The predicted octanol–water partition coefficient (Wildman–Crippen LogP) is 1.76. The van der Waals surface area contributed by atoms with Crippen LogP contribution in [0.2, 0.25) is 0 Å². The van der Waals surface area contributed by atoms with Crippen molar-refractivity contribution in [1.29, 1.82) is 0 Å². The second-order valence-corrected chi connectivity index (χ2v) is 7.77. The molecule has 2 amide bonds. The van der Waals surface area contributed by atoms with Gasteiger partial charge in [0, 0.05) is 38.1 Å². The number of carbonyl (C=O) groups is 2. The van der Waals surface area contributed by atoms with Gasteiger partial charge in [-0.25, -0.2) is 0 Å². The minimum absolute atomic E-state index is 0.0113. The molecule has 0 aliphatic carbocycles. The zero-order chi connectivity index (χ0) is 19.2. The van der Waals surface area contributed by atoms with Gasteiger partial charge in [0.2, 0.25) is 11.8 Å². The van der Waals surface area contributed by atoms with Crippen LogP contribution in [0.15, 0.2) is 30.3 Å². The van der Waals surface area contributed by atoms with Gasteiger partial charge in [-0.1, -0.05) is 39.0 Å². The quantitative estimate of drug-likeness (QED) is 0.839. The number of para-hydroxylation sites is 1. The number of piperazine rings is 1. The SMILES string of the molecule is CC(NC(=O)C(C)(C)C)C(=O)N1CCN(CCOc2ccccc2)CC1. The van der Waals surface area contributed by atoms with Crippen LogP contribution in [0.5, 0.6) is 5.75 Å². The molecule has 26 heavy (non-hydrogen) atoms. The number of ether oxygens (including phenoxy) is 1. The van der Waals surface area contributed by atoms with E-state index in [2.05, 4.69) is 10.2 Å². The third kappa shape index (κ3) is 6.02. The molecule has 0 saturated carbocycles. The Balaban J connectivity index is 1.70. The Hall–Kier alpha value is -2.08. The van der Waals surface area contributed by atoms with Crippen LogP contribution in [0.1, 0.15) is 27.7 Å². The van der Waals surface area contributed by atoms with Gasteiger partial charge < -0.3 is 15.0 Å². The third-order valence-electron chi connectivity index (χ3n) is 4.50. The molecule has 1 saturated heterocycles. The number of benzene rings is 1. The van der Waals surface area contributed by atoms with E-state index >= 15 is 0 Å². The minimum atomic E-state index is -0.494. The summed E-state index contributed by atoms with van der Waals surface area (Å²) < 4.78 is 5.73. The molecule has 1 atom stereocenters. The average molecular weight is 361 g/mol. The Morgan fingerprint density at radius 3 is 2.31 bits per heavy atom. The van der Waals surface area contributed by atoms with Crippen molar-refractivity contribution in [1.82, 2.24) is 15.1 Å². The van der Waals surface area contributed by atoms with Crippen molar-refractivity contribution in [3.8, 4) is 5.75 Å². The summed E-state index contributed by atoms with van der Waals surface area (Å²) in [6, 6.07) is 9.29. The Kier molecular flexibility index (Phi) is 7.03. The maximum absolute atomic E-state index is 12.5. The molecular weight excluding hydrogens is 330 g/mol. The van der Waals surface area contributed by atoms with E-state index in [0.29, 0.717) is 19.7 Å². The van der Waals surface area contributed by atoms with Crippen LogP contribution in [0.4, 0.5) is 0 Å². The summed E-state index contributed by atoms with van der Waals surface area (Å²) >= 11 is 0. The van der Waals surface area contributed by atoms with Crippen molar-refractivity contribution in [2.24, 2.45) is 5.41 Å². The summed E-state index contributed by atoms with van der Waals surface area (Å²) in [4.78, 5) is 28.7. The fraction of sp³-hybridized carbons (Fsp3) is 0.600. The molecule has 1 unspecified atom stereocenters. The Labute approximate surface area is 156 Å². The van der Waals surface area contributed by atoms with Crippen LogP contribution in [-0.4, -0.2) is 67.0 Å². The highest BCUT2D eigenvalue weighted by atomic mass is 16.5. The van der Waals surface area contributed by atoms with Gasteiger partial charge >= 0.3 is 0 Å². The highest BCUT2D eigenvalue weighted by Crippen LogP contribution is 2.13. The first-order valence-corrected chi connectivity index (χ1v) is 9.27. The molecule has 144 valence electrons. The predicted molar refractivity (Wildman–Crippen MR) is 102 cm³/mol. The van der Waals surface area contributed by atoms with Crippen molar-refractivity contribution in [2.45, 2.75) is 33.7 Å². The zero-order valence-electron chi connectivity index (χ0n) is 16.3. The van der Waals surface area contributed by atoms with Crippen LogP contribution in [0.25, 0.3) is 0 Å². The molecule has 1 heterocycles. The largest absolute Gasteiger partial charge is 0.492 e. The van der Waals surface area contributed by atoms with Crippen molar-refractivity contribution < 1.29 is 14.3 Å². The fourth-order valence-electron chi connectivity index (χ4n) is 2.75. The van der Waals surface area contributed by atoms with E-state index in [-0.39, 0.29) is 11.8 Å². The number of nitrogens with zero attached hydrogens (tertiary/aromatic N) is 2. The molecule has 1 aliphatic heterocycles. The molecule has 6 nitrogen and oxygen atoms in total. The monoisotopic (exact) mass is 361 g/mol. The topological polar surface area (TPSA) is 61.9 Å². The summed E-state index contributed by atoms with van der Waals surface area (Å²) in [5.74, 6) is 0.766. The highest BCUT2D eigenvalue weighted by Gasteiger charge is 2.29. The number of hydrogen-bond acceptors (Lipinski definition) is 4. The van der Waals surface area contributed by atoms with Crippen LogP contribution < -0.4 is 10.1 Å². The summed E-state index contributed by atoms with van der Waals surface area (Å²) in [5.41, 5.74) is -0.494. The molecule has 6 heteroatoms. The lowest BCUT2D eigenvalue weighted by Gasteiger charge is -2.36. The van der Waals surface area contributed by atoms with Gasteiger partial charge in [0.25, 0.3) is 0 Å². The maximum Gasteiger partial charge on any atom is 0.244 e. The molecule has 1 aromatic carbocycles. The molecule has 0 spiro atoms. The molecule has 1 aliphatic rings. The second-order valence-electron chi connectivity index (χ2n) is 7.77. The maximum atomic E-state index is 12.5. The van der Waals surface area contributed by atoms with Gasteiger partial charge in [-0.15, -0.1) is 0 Å². The summed E-state index contributed by atoms with van der Waals surface area (Å²) in [7, 11) is 0. The average Bonchev–Trinajstić information content (AvgIpc) is 2.61. The first-order valence-electron chi connectivity index (χ1n) is 9.27. The van der Waals surface area contributed by atoms with Crippen molar-refractivity contribution in [3.05, 3.63) is 30.3 Å². The van der Waals surface area contributed by atoms with Gasteiger partial charge in [0.15, 0.2) is 0 Å². The smallest absolute Gasteiger partial charge is 0.244 e. The van der Waals surface area contributed by atoms with Crippen molar-refractivity contribution >= 4 is 11.8 Å². The fourth-order valence-corrected chi connectivity index (χ4v) is 2.75. The summed E-state index contributed by atoms with van der Waals surface area (Å²) in [5, 5.41) is 2.82. The Morgan fingerprint density at radius 2 is 1.73 bits per heavy atom. The Morgan fingerprint density at radius 1 is 1.12 bits per heavy atom. The highest BCUT2D eigenvalue weighted by molar-refractivity contribution is 5.89. The van der Waals surface area contributed by atoms with Crippen LogP contribution in [-0.2, 0) is 9.59 Å². The van der Waals surface area contributed by atoms with Gasteiger partial charge in [-0.2, -0.15) is 0 Å². The molecule has 0 radical (unpaired) electrons. The van der Waals surface area contributed by atoms with E-state index in [1.165, 1.54) is 0 Å². The normalized spacial score (nSPS) is 16.8. The lowest BCUT2D eigenvalue weighted by atomic mass is 9.95. The van der Waals surface area contributed by atoms with Gasteiger partial charge in [-0.05, 0) is 19.1 Å². The molecule has 0 bridgehead atoms. The first-order chi connectivity index (χ1) is 12.3. The molecule has 0 aromatic heterocycles. The van der Waals surface area contributed by atoms with Crippen LogP contribution in [0.3, 0.4) is 0 Å². The van der Waals surface area contributed by atoms with Crippen molar-refractivity contribution in [3.63, 3.8) is 0 Å². The number of nitrogens with one attached hydrogen (secondary N) is 1. The molecule has 2 rings (SSSR count). The van der Waals surface area contributed by atoms with E-state index < -0.39 is 11.5 Å². The first kappa shape index (κ1) is 20.2. The van der Waals surface area contributed by atoms with Crippen molar-refractivity contribution in [2.75, 3.05) is 39.3 Å². The second kappa shape index (κ2) is 9.03. The number of rotatable bonds is 6. The molecule has 1 N–H and O–H groups in total. The zero-order valence-corrected chi connectivity index (χ0v) is 16.3. The van der Waals surface area contributed by atoms with Gasteiger partial charge in [-0.3, -0.25) is 14.5 Å². The molecule has 1 fully saturated rings. The molecule has 1 aromatic rings. The van der Waals surface area contributed by atoms with E-state index in [4.69, 9.17) is 4.74 Å². The lowest BCUT2D eigenvalue weighted by Crippen LogP contribution is -2.55. The van der Waals surface area contributed by atoms with E-state index in [9.17, 15) is 9.59 Å². The van der Waals surface area contributed by atoms with E-state index in [0.717, 1.165) is 25.4 Å². The number of amides is 2. The minimum Gasteiger partial charge on any atom is -0.492 e. The third-order valence-corrected chi connectivity index (χ3v) is 4.50. The lowest BCUT2D eigenvalue weighted by molar-refractivity contribution is -0.139. The summed E-state index contributed by atoms with van der Waals surface area (Å²) in [6.07, 6.45) is 0. The van der Waals surface area contributed by atoms with Gasteiger partial charge in [0.05, 0.1) is 0 Å². The van der Waals surface area contributed by atoms with E-state index in [1.54, 1.807) is 6.92 Å². The van der Waals surface area contributed by atoms with Gasteiger partial charge in [0.1, 0.15) is 18.4 Å². The van der Waals surface area contributed by atoms with Crippen LogP contribution >= 0.6 is 0 Å². The molecular formula is C20H31N3O3. The summed E-state index contributed by atoms with van der Waals surface area (Å²) in [6.45, 7) is 11.8. The van der Waals surface area contributed by atoms with E-state index in [1.807, 2.05) is 56.0 Å².